The lowest BCUT2D eigenvalue weighted by Gasteiger charge is -2.16. The molecule has 0 saturated carbocycles. The number of carbonyl (C=O) groups excluding carboxylic acids is 1. The van der Waals surface area contributed by atoms with Crippen LogP contribution in [0.15, 0.2) is 53.4 Å². The summed E-state index contributed by atoms with van der Waals surface area (Å²) in [4.78, 5) is 12.1. The Morgan fingerprint density at radius 2 is 1.60 bits per heavy atom. The van der Waals surface area contributed by atoms with E-state index < -0.39 is 39.3 Å². The van der Waals surface area contributed by atoms with Gasteiger partial charge in [0.25, 0.3) is 10.1 Å². The van der Waals surface area contributed by atoms with Crippen LogP contribution in [0.2, 0.25) is 0 Å². The van der Waals surface area contributed by atoms with Crippen LogP contribution < -0.4 is 0 Å². The summed E-state index contributed by atoms with van der Waals surface area (Å²) in [6, 6.07) is 9.84. The Bertz CT molecular complexity index is 872. The van der Waals surface area contributed by atoms with E-state index in [1.807, 2.05) is 0 Å². The normalized spacial score (nSPS) is 13.5. The number of hydrogen-bond donors (Lipinski definition) is 0. The van der Waals surface area contributed by atoms with E-state index in [2.05, 4.69) is 0 Å². The Morgan fingerprint density at radius 1 is 1.04 bits per heavy atom. The molecule has 8 heteroatoms. The van der Waals surface area contributed by atoms with Gasteiger partial charge < -0.3 is 0 Å². The van der Waals surface area contributed by atoms with Gasteiger partial charge in [-0.3, -0.25) is 8.98 Å². The van der Waals surface area contributed by atoms with E-state index in [0.29, 0.717) is 0 Å². The first-order chi connectivity index (χ1) is 11.5. The van der Waals surface area contributed by atoms with Crippen LogP contribution in [0.25, 0.3) is 0 Å². The fourth-order valence-electron chi connectivity index (χ4n) is 2.16. The zero-order valence-electron chi connectivity index (χ0n) is 13.4. The van der Waals surface area contributed by atoms with Crippen molar-refractivity contribution in [2.45, 2.75) is 31.0 Å². The molecule has 0 aliphatic rings. The van der Waals surface area contributed by atoms with Gasteiger partial charge in [0.1, 0.15) is 6.10 Å². The van der Waals surface area contributed by atoms with E-state index in [9.17, 15) is 26.4 Å². The first-order valence-corrected chi connectivity index (χ1v) is 8.63. The fraction of sp³-hybridized carbons (Fsp3) is 0.235. The highest BCUT2D eigenvalue weighted by Crippen LogP contribution is 2.32. The smallest absolute Gasteiger partial charge is 0.291 e. The zero-order valence-corrected chi connectivity index (χ0v) is 14.2. The van der Waals surface area contributed by atoms with Crippen molar-refractivity contribution in [3.63, 3.8) is 0 Å². The maximum atomic E-state index is 13.0. The van der Waals surface area contributed by atoms with E-state index in [1.54, 1.807) is 19.1 Å². The van der Waals surface area contributed by atoms with Gasteiger partial charge in [0, 0.05) is 5.56 Å². The quantitative estimate of drug-likeness (QED) is 0.588. The highest BCUT2D eigenvalue weighted by atomic mass is 32.2. The molecule has 1 unspecified atom stereocenters. The number of benzene rings is 2. The summed E-state index contributed by atoms with van der Waals surface area (Å²) < 4.78 is 68.2. The van der Waals surface area contributed by atoms with Crippen LogP contribution in [0.1, 0.15) is 28.4 Å². The molecule has 0 bridgehead atoms. The van der Waals surface area contributed by atoms with Gasteiger partial charge in [-0.2, -0.15) is 21.6 Å². The van der Waals surface area contributed by atoms with Crippen molar-refractivity contribution < 1.29 is 30.6 Å². The number of hydrogen-bond acceptors (Lipinski definition) is 4. The summed E-state index contributed by atoms with van der Waals surface area (Å²) in [5.74, 6) is -1.07. The molecule has 0 radical (unpaired) electrons. The molecule has 2 aromatic rings. The van der Waals surface area contributed by atoms with E-state index in [4.69, 9.17) is 4.18 Å². The van der Waals surface area contributed by atoms with Crippen LogP contribution >= 0.6 is 0 Å². The van der Waals surface area contributed by atoms with Gasteiger partial charge in [0.2, 0.25) is 0 Å². The first-order valence-electron chi connectivity index (χ1n) is 7.23. The predicted octanol–water partition coefficient (Wildman–Crippen LogP) is 3.99. The molecule has 0 fully saturated rings. The molecule has 2 aromatic carbocycles. The number of ketones is 1. The molecular formula is C17H15F3O4S. The van der Waals surface area contributed by atoms with Crippen molar-refractivity contribution in [1.82, 2.24) is 0 Å². The summed E-state index contributed by atoms with van der Waals surface area (Å²) in [6.45, 7) is 2.86. The SMILES string of the molecule is Cc1ccc(S(=O)(=O)OC(C)C(=O)c2ccccc2C(F)(F)F)cc1. The van der Waals surface area contributed by atoms with Gasteiger partial charge in [0.05, 0.1) is 10.5 Å². The Balaban J connectivity index is 2.28. The van der Waals surface area contributed by atoms with E-state index in [1.165, 1.54) is 18.2 Å². The second-order valence-corrected chi connectivity index (χ2v) is 6.99. The van der Waals surface area contributed by atoms with E-state index in [-0.39, 0.29) is 4.90 Å². The summed E-state index contributed by atoms with van der Waals surface area (Å²) >= 11 is 0. The number of halogens is 3. The fourth-order valence-corrected chi connectivity index (χ4v) is 3.21. The second-order valence-electron chi connectivity index (χ2n) is 5.41. The lowest BCUT2D eigenvalue weighted by molar-refractivity contribution is -0.137. The van der Waals surface area contributed by atoms with E-state index >= 15 is 0 Å². The van der Waals surface area contributed by atoms with Gasteiger partial charge >= 0.3 is 6.18 Å². The van der Waals surface area contributed by atoms with Crippen LogP contribution in [0, 0.1) is 6.92 Å². The van der Waals surface area contributed by atoms with Crippen LogP contribution in [-0.4, -0.2) is 20.3 Å². The molecule has 0 N–H and O–H groups in total. The topological polar surface area (TPSA) is 60.4 Å². The molecule has 0 spiro atoms. The molecule has 0 aromatic heterocycles. The number of Topliss-reactive ketones (excluding diaryl/α,β-unsaturated/α-hetero) is 1. The van der Waals surface area contributed by atoms with Crippen molar-refractivity contribution >= 4 is 15.9 Å². The highest BCUT2D eigenvalue weighted by molar-refractivity contribution is 7.86. The van der Waals surface area contributed by atoms with Crippen LogP contribution in [0.5, 0.6) is 0 Å². The third-order valence-electron chi connectivity index (χ3n) is 3.45. The second kappa shape index (κ2) is 6.97. The van der Waals surface area contributed by atoms with Gasteiger partial charge in [-0.1, -0.05) is 35.9 Å². The molecular weight excluding hydrogens is 357 g/mol. The molecule has 25 heavy (non-hydrogen) atoms. The van der Waals surface area contributed by atoms with Gasteiger partial charge in [-0.05, 0) is 32.0 Å². The average molecular weight is 372 g/mol. The minimum absolute atomic E-state index is 0.179. The summed E-state index contributed by atoms with van der Waals surface area (Å²) in [7, 11) is -4.28. The number of rotatable bonds is 5. The molecule has 0 amide bonds. The van der Waals surface area contributed by atoms with E-state index in [0.717, 1.165) is 30.7 Å². The maximum absolute atomic E-state index is 13.0. The molecule has 2 rings (SSSR count). The Kier molecular flexibility index (Phi) is 5.34. The summed E-state index contributed by atoms with van der Waals surface area (Å²) in [5, 5.41) is 0. The Labute approximate surface area is 143 Å². The number of carbonyl (C=O) groups is 1. The highest BCUT2D eigenvalue weighted by Gasteiger charge is 2.36. The summed E-state index contributed by atoms with van der Waals surface area (Å²) in [5.41, 5.74) is -0.952. The largest absolute Gasteiger partial charge is 0.417 e. The van der Waals surface area contributed by atoms with Crippen molar-refractivity contribution in [2.24, 2.45) is 0 Å². The minimum atomic E-state index is -4.73. The lowest BCUT2D eigenvalue weighted by atomic mass is 10.0. The van der Waals surface area contributed by atoms with Gasteiger partial charge in [0.15, 0.2) is 5.78 Å². The zero-order chi connectivity index (χ0) is 18.8. The van der Waals surface area contributed by atoms with Crippen molar-refractivity contribution in [2.75, 3.05) is 0 Å². The molecule has 0 saturated heterocycles. The van der Waals surface area contributed by atoms with Gasteiger partial charge in [-0.25, -0.2) is 0 Å². The molecule has 134 valence electrons. The van der Waals surface area contributed by atoms with Crippen LogP contribution in [0.3, 0.4) is 0 Å². The van der Waals surface area contributed by atoms with Crippen molar-refractivity contribution in [1.29, 1.82) is 0 Å². The molecule has 1 atom stereocenters. The summed E-state index contributed by atoms with van der Waals surface area (Å²) in [6.07, 6.45) is -6.34. The standard InChI is InChI=1S/C17H15F3O4S/c1-11-7-9-13(10-8-11)25(22,23)24-12(2)16(21)14-5-3-4-6-15(14)17(18,19)20/h3-10,12H,1-2H3. The Morgan fingerprint density at radius 3 is 2.16 bits per heavy atom. The van der Waals surface area contributed by atoms with Crippen molar-refractivity contribution in [3.8, 4) is 0 Å². The third kappa shape index (κ3) is 4.46. The maximum Gasteiger partial charge on any atom is 0.417 e. The third-order valence-corrected chi connectivity index (χ3v) is 4.84. The minimum Gasteiger partial charge on any atom is -0.291 e. The Hall–Kier alpha value is -2.19. The molecule has 0 heterocycles. The van der Waals surface area contributed by atoms with Crippen LogP contribution in [0.4, 0.5) is 13.2 Å². The van der Waals surface area contributed by atoms with Crippen molar-refractivity contribution in [3.05, 3.63) is 65.2 Å². The average Bonchev–Trinajstić information content (AvgIpc) is 2.53. The predicted molar refractivity (Wildman–Crippen MR) is 84.7 cm³/mol. The molecule has 4 nitrogen and oxygen atoms in total. The van der Waals surface area contributed by atoms with Crippen LogP contribution in [-0.2, 0) is 20.5 Å². The lowest BCUT2D eigenvalue weighted by Crippen LogP contribution is -2.26. The molecule has 0 aliphatic heterocycles. The monoisotopic (exact) mass is 372 g/mol. The number of aryl methyl sites for hydroxylation is 1. The van der Waals surface area contributed by atoms with Gasteiger partial charge in [-0.15, -0.1) is 0 Å². The molecule has 0 aliphatic carbocycles. The number of alkyl halides is 3. The first kappa shape index (κ1) is 19.1.